The van der Waals surface area contributed by atoms with Gasteiger partial charge >= 0.3 is 0 Å². The van der Waals surface area contributed by atoms with Crippen LogP contribution in [0.1, 0.15) is 19.8 Å². The van der Waals surface area contributed by atoms with Gasteiger partial charge in [-0.25, -0.2) is 13.1 Å². The molecule has 0 spiro atoms. The lowest BCUT2D eigenvalue weighted by Gasteiger charge is -2.13. The highest BCUT2D eigenvalue weighted by Crippen LogP contribution is 2.30. The Morgan fingerprint density at radius 3 is 2.68 bits per heavy atom. The Bertz CT molecular complexity index is 833. The Morgan fingerprint density at radius 1 is 1.27 bits per heavy atom. The van der Waals surface area contributed by atoms with E-state index in [9.17, 15) is 13.2 Å². The largest absolute Gasteiger partial charge is 0.268 e. The zero-order valence-electron chi connectivity index (χ0n) is 12.2. The van der Waals surface area contributed by atoms with E-state index < -0.39 is 10.0 Å². The predicted octanol–water partition coefficient (Wildman–Crippen LogP) is 1.78. The average Bonchev–Trinajstić information content (AvgIpc) is 3.19. The van der Waals surface area contributed by atoms with E-state index in [0.29, 0.717) is 29.5 Å². The molecular formula is C14H17N3O3S2. The minimum Gasteiger partial charge on any atom is -0.268 e. The van der Waals surface area contributed by atoms with Gasteiger partial charge < -0.3 is 0 Å². The van der Waals surface area contributed by atoms with Gasteiger partial charge in [-0.1, -0.05) is 0 Å². The van der Waals surface area contributed by atoms with E-state index >= 15 is 0 Å². The molecule has 3 rings (SSSR count). The van der Waals surface area contributed by atoms with Gasteiger partial charge in [-0.15, -0.1) is 11.3 Å². The van der Waals surface area contributed by atoms with Crippen molar-refractivity contribution in [3.8, 4) is 11.3 Å². The number of aromatic nitrogens is 2. The van der Waals surface area contributed by atoms with Gasteiger partial charge in [0, 0.05) is 36.6 Å². The Hall–Kier alpha value is -1.51. The Balaban J connectivity index is 1.95. The van der Waals surface area contributed by atoms with Crippen LogP contribution in [0.15, 0.2) is 32.6 Å². The highest BCUT2D eigenvalue weighted by molar-refractivity contribution is 7.91. The second-order valence-corrected chi connectivity index (χ2v) is 8.21. The maximum Gasteiger partial charge on any atom is 0.266 e. The first-order valence-corrected chi connectivity index (χ1v) is 9.51. The number of hydrogen-bond acceptors (Lipinski definition) is 5. The molecule has 3 heterocycles. The number of hydrogen-bond donors (Lipinski definition) is 0. The molecular weight excluding hydrogens is 322 g/mol. The molecule has 0 N–H and O–H groups in total. The van der Waals surface area contributed by atoms with Crippen LogP contribution in [0.4, 0.5) is 0 Å². The van der Waals surface area contributed by atoms with Gasteiger partial charge in [0.15, 0.2) is 0 Å². The van der Waals surface area contributed by atoms with Crippen LogP contribution in [-0.4, -0.2) is 35.6 Å². The zero-order chi connectivity index (χ0) is 15.7. The van der Waals surface area contributed by atoms with Crippen molar-refractivity contribution in [1.82, 2.24) is 14.1 Å². The minimum absolute atomic E-state index is 0.161. The summed E-state index contributed by atoms with van der Waals surface area (Å²) in [6, 6.07) is 4.73. The van der Waals surface area contributed by atoms with E-state index in [1.165, 1.54) is 26.4 Å². The first-order valence-electron chi connectivity index (χ1n) is 7.19. The summed E-state index contributed by atoms with van der Waals surface area (Å²) in [6.07, 6.45) is 1.83. The molecule has 0 unspecified atom stereocenters. The van der Waals surface area contributed by atoms with Crippen molar-refractivity contribution in [3.63, 3.8) is 0 Å². The number of thiophene rings is 1. The average molecular weight is 339 g/mol. The minimum atomic E-state index is -3.39. The molecule has 0 radical (unpaired) electrons. The second kappa shape index (κ2) is 5.94. The molecule has 1 fully saturated rings. The third kappa shape index (κ3) is 2.73. The SMILES string of the molecule is CCn1nc(-c2csc(S(=O)(=O)N3CCCC3)c2)ccc1=O. The quantitative estimate of drug-likeness (QED) is 0.851. The molecule has 1 aliphatic heterocycles. The molecule has 8 heteroatoms. The molecule has 118 valence electrons. The van der Waals surface area contributed by atoms with Crippen LogP contribution >= 0.6 is 11.3 Å². The predicted molar refractivity (Wildman–Crippen MR) is 85.5 cm³/mol. The van der Waals surface area contributed by atoms with Crippen LogP contribution in [0.2, 0.25) is 0 Å². The summed E-state index contributed by atoms with van der Waals surface area (Å²) >= 11 is 1.20. The van der Waals surface area contributed by atoms with Crippen LogP contribution in [0.25, 0.3) is 11.3 Å². The molecule has 0 aliphatic carbocycles. The second-order valence-electron chi connectivity index (χ2n) is 5.14. The fourth-order valence-electron chi connectivity index (χ4n) is 2.47. The number of nitrogens with zero attached hydrogens (tertiary/aromatic N) is 3. The molecule has 0 saturated carbocycles. The van der Waals surface area contributed by atoms with E-state index in [1.54, 1.807) is 17.5 Å². The number of sulfonamides is 1. The van der Waals surface area contributed by atoms with Gasteiger partial charge in [0.1, 0.15) is 4.21 Å². The van der Waals surface area contributed by atoms with Crippen molar-refractivity contribution >= 4 is 21.4 Å². The lowest BCUT2D eigenvalue weighted by Crippen LogP contribution is -2.27. The van der Waals surface area contributed by atoms with Gasteiger partial charge in [-0.2, -0.15) is 9.40 Å². The van der Waals surface area contributed by atoms with E-state index in [-0.39, 0.29) is 5.56 Å². The van der Waals surface area contributed by atoms with Crippen molar-refractivity contribution in [2.75, 3.05) is 13.1 Å². The van der Waals surface area contributed by atoms with Crippen molar-refractivity contribution in [2.45, 2.75) is 30.5 Å². The van der Waals surface area contributed by atoms with Crippen LogP contribution in [0.5, 0.6) is 0 Å². The molecule has 1 aliphatic rings. The summed E-state index contributed by atoms with van der Waals surface area (Å²) in [7, 11) is -3.39. The number of rotatable bonds is 4. The topological polar surface area (TPSA) is 72.3 Å². The van der Waals surface area contributed by atoms with Crippen molar-refractivity contribution in [3.05, 3.63) is 33.9 Å². The fourth-order valence-corrected chi connectivity index (χ4v) is 5.31. The number of aryl methyl sites for hydroxylation is 1. The molecule has 0 amide bonds. The lowest BCUT2D eigenvalue weighted by molar-refractivity contribution is 0.479. The molecule has 0 atom stereocenters. The Labute approximate surface area is 133 Å². The van der Waals surface area contributed by atoms with Gasteiger partial charge in [0.05, 0.1) is 5.69 Å². The maximum atomic E-state index is 12.5. The van der Waals surface area contributed by atoms with Crippen molar-refractivity contribution in [1.29, 1.82) is 0 Å². The first-order chi connectivity index (χ1) is 10.5. The summed E-state index contributed by atoms with van der Waals surface area (Å²) in [6.45, 7) is 3.51. The molecule has 1 saturated heterocycles. The summed E-state index contributed by atoms with van der Waals surface area (Å²) in [4.78, 5) is 11.6. The van der Waals surface area contributed by atoms with Crippen LogP contribution in [-0.2, 0) is 16.6 Å². The van der Waals surface area contributed by atoms with Crippen LogP contribution < -0.4 is 5.56 Å². The fraction of sp³-hybridized carbons (Fsp3) is 0.429. The van der Waals surface area contributed by atoms with Crippen molar-refractivity contribution in [2.24, 2.45) is 0 Å². The molecule has 0 bridgehead atoms. The smallest absolute Gasteiger partial charge is 0.266 e. The van der Waals surface area contributed by atoms with E-state index in [0.717, 1.165) is 18.4 Å². The highest BCUT2D eigenvalue weighted by atomic mass is 32.2. The third-order valence-electron chi connectivity index (χ3n) is 3.70. The van der Waals surface area contributed by atoms with E-state index in [1.807, 2.05) is 6.92 Å². The Morgan fingerprint density at radius 2 is 2.00 bits per heavy atom. The third-order valence-corrected chi connectivity index (χ3v) is 7.01. The monoisotopic (exact) mass is 339 g/mol. The van der Waals surface area contributed by atoms with Crippen LogP contribution in [0.3, 0.4) is 0 Å². The molecule has 22 heavy (non-hydrogen) atoms. The van der Waals surface area contributed by atoms with Crippen LogP contribution in [0, 0.1) is 0 Å². The van der Waals surface area contributed by atoms with Gasteiger partial charge in [0.2, 0.25) is 0 Å². The zero-order valence-corrected chi connectivity index (χ0v) is 13.9. The first kappa shape index (κ1) is 15.4. The maximum absolute atomic E-state index is 12.5. The summed E-state index contributed by atoms with van der Waals surface area (Å²) in [5, 5.41) is 6.03. The normalized spacial score (nSPS) is 16.2. The molecule has 6 nitrogen and oxygen atoms in total. The molecule has 2 aromatic heterocycles. The van der Waals surface area contributed by atoms with Gasteiger partial charge in [-0.05, 0) is 31.9 Å². The van der Waals surface area contributed by atoms with Crippen molar-refractivity contribution < 1.29 is 8.42 Å². The van der Waals surface area contributed by atoms with Gasteiger partial charge in [-0.3, -0.25) is 4.79 Å². The lowest BCUT2D eigenvalue weighted by atomic mass is 10.2. The van der Waals surface area contributed by atoms with E-state index in [2.05, 4.69) is 5.10 Å². The standard InChI is InChI=1S/C14H17N3O3S2/c1-2-17-13(18)6-5-12(15-17)11-9-14(21-10-11)22(19,20)16-7-3-4-8-16/h5-6,9-10H,2-4,7-8H2,1H3. The van der Waals surface area contributed by atoms with Gasteiger partial charge in [0.25, 0.3) is 15.6 Å². The molecule has 2 aromatic rings. The summed E-state index contributed by atoms with van der Waals surface area (Å²) < 4.78 is 28.3. The Kier molecular flexibility index (Phi) is 4.16. The summed E-state index contributed by atoms with van der Waals surface area (Å²) in [5.74, 6) is 0. The highest BCUT2D eigenvalue weighted by Gasteiger charge is 2.28. The van der Waals surface area contributed by atoms with E-state index in [4.69, 9.17) is 0 Å². The summed E-state index contributed by atoms with van der Waals surface area (Å²) in [5.41, 5.74) is 1.18. The molecule has 0 aromatic carbocycles.